The molecule has 0 unspecified atom stereocenters. The third kappa shape index (κ3) is 4.69. The van der Waals surface area contributed by atoms with Crippen LogP contribution in [0.3, 0.4) is 0 Å². The summed E-state index contributed by atoms with van der Waals surface area (Å²) < 4.78 is 5.77. The van der Waals surface area contributed by atoms with E-state index in [0.29, 0.717) is 38.2 Å². The molecule has 0 radical (unpaired) electrons. The maximum atomic E-state index is 12.6. The zero-order valence-electron chi connectivity index (χ0n) is 17.5. The molecule has 0 N–H and O–H groups in total. The van der Waals surface area contributed by atoms with Crippen molar-refractivity contribution in [3.8, 4) is 5.75 Å². The van der Waals surface area contributed by atoms with Crippen LogP contribution in [0.5, 0.6) is 5.75 Å². The van der Waals surface area contributed by atoms with E-state index in [4.69, 9.17) is 4.74 Å². The summed E-state index contributed by atoms with van der Waals surface area (Å²) in [6.45, 7) is 2.20. The van der Waals surface area contributed by atoms with Gasteiger partial charge >= 0.3 is 0 Å². The molecule has 0 spiro atoms. The van der Waals surface area contributed by atoms with Gasteiger partial charge < -0.3 is 14.5 Å². The number of rotatable bonds is 7. The second-order valence-electron chi connectivity index (χ2n) is 7.60. The summed E-state index contributed by atoms with van der Waals surface area (Å²) in [5.41, 5.74) is 0.631. The van der Waals surface area contributed by atoms with E-state index in [1.807, 2.05) is 47.4 Å². The van der Waals surface area contributed by atoms with Gasteiger partial charge in [-0.1, -0.05) is 30.3 Å². The maximum absolute atomic E-state index is 12.6. The van der Waals surface area contributed by atoms with E-state index in [9.17, 15) is 19.7 Å². The van der Waals surface area contributed by atoms with Crippen LogP contribution in [-0.2, 0) is 4.79 Å². The molecule has 164 valence electrons. The molecule has 1 aliphatic rings. The quantitative estimate of drug-likeness (QED) is 0.321. The first-order valence-corrected chi connectivity index (χ1v) is 10.4. The number of nitrogens with zero attached hydrogens (tertiary/aromatic N) is 3. The van der Waals surface area contributed by atoms with E-state index in [0.717, 1.165) is 16.5 Å². The number of hydrogen-bond acceptors (Lipinski definition) is 6. The second kappa shape index (κ2) is 9.47. The molecule has 1 fully saturated rings. The number of benzene rings is 3. The fourth-order valence-corrected chi connectivity index (χ4v) is 3.90. The first kappa shape index (κ1) is 21.3. The lowest BCUT2D eigenvalue weighted by molar-refractivity contribution is -0.384. The first-order chi connectivity index (χ1) is 15.5. The van der Waals surface area contributed by atoms with Gasteiger partial charge in [0, 0.05) is 37.8 Å². The standard InChI is InChI=1S/C24H23N3O5/c28-17-18-5-8-22(23(15-18)27(30)31)25-10-12-26(13-11-25)24(29)9-14-32-21-7-6-19-3-1-2-4-20(19)16-21/h1-8,15-17H,9-14H2. The summed E-state index contributed by atoms with van der Waals surface area (Å²) in [5.74, 6) is 0.726. The molecule has 8 nitrogen and oxygen atoms in total. The van der Waals surface area contributed by atoms with Crippen molar-refractivity contribution in [2.45, 2.75) is 6.42 Å². The summed E-state index contributed by atoms with van der Waals surface area (Å²) in [6.07, 6.45) is 0.856. The summed E-state index contributed by atoms with van der Waals surface area (Å²) in [7, 11) is 0. The number of hydrogen-bond donors (Lipinski definition) is 0. The van der Waals surface area contributed by atoms with Crippen molar-refractivity contribution in [2.24, 2.45) is 0 Å². The van der Waals surface area contributed by atoms with Crippen LogP contribution in [0.4, 0.5) is 11.4 Å². The average Bonchev–Trinajstić information content (AvgIpc) is 2.83. The maximum Gasteiger partial charge on any atom is 0.293 e. The Morgan fingerprint density at radius 2 is 1.75 bits per heavy atom. The molecule has 1 saturated heterocycles. The lowest BCUT2D eigenvalue weighted by atomic mass is 10.1. The highest BCUT2D eigenvalue weighted by Gasteiger charge is 2.26. The SMILES string of the molecule is O=Cc1ccc(N2CCN(C(=O)CCOc3ccc4ccccc4c3)CC2)c([N+](=O)[O-])c1. The summed E-state index contributed by atoms with van der Waals surface area (Å²) in [4.78, 5) is 38.1. The number of anilines is 1. The first-order valence-electron chi connectivity index (χ1n) is 10.4. The van der Waals surface area contributed by atoms with Crippen molar-refractivity contribution < 1.29 is 19.2 Å². The third-order valence-electron chi connectivity index (χ3n) is 5.61. The highest BCUT2D eigenvalue weighted by Crippen LogP contribution is 2.30. The molecule has 32 heavy (non-hydrogen) atoms. The van der Waals surface area contributed by atoms with Crippen molar-refractivity contribution in [3.63, 3.8) is 0 Å². The van der Waals surface area contributed by atoms with E-state index in [1.54, 1.807) is 17.0 Å². The van der Waals surface area contributed by atoms with Gasteiger partial charge in [-0.05, 0) is 35.0 Å². The molecule has 3 aromatic rings. The Morgan fingerprint density at radius 3 is 2.47 bits per heavy atom. The molecular weight excluding hydrogens is 410 g/mol. The molecule has 0 aliphatic carbocycles. The Kier molecular flexibility index (Phi) is 6.30. The van der Waals surface area contributed by atoms with Crippen LogP contribution in [-0.4, -0.2) is 54.8 Å². The van der Waals surface area contributed by atoms with Gasteiger partial charge in [0.05, 0.1) is 18.0 Å². The van der Waals surface area contributed by atoms with Crippen molar-refractivity contribution in [2.75, 3.05) is 37.7 Å². The van der Waals surface area contributed by atoms with Crippen LogP contribution in [0.15, 0.2) is 60.7 Å². The Hall–Kier alpha value is -3.94. The number of aldehydes is 1. The van der Waals surface area contributed by atoms with Gasteiger partial charge in [0.1, 0.15) is 17.7 Å². The van der Waals surface area contributed by atoms with Crippen LogP contribution < -0.4 is 9.64 Å². The number of amides is 1. The Bertz CT molecular complexity index is 1160. The van der Waals surface area contributed by atoms with Crippen molar-refractivity contribution >= 4 is 34.3 Å². The lowest BCUT2D eigenvalue weighted by Gasteiger charge is -2.35. The van der Waals surface area contributed by atoms with Crippen molar-refractivity contribution in [1.82, 2.24) is 4.90 Å². The van der Waals surface area contributed by atoms with Gasteiger partial charge in [0.25, 0.3) is 5.69 Å². The highest BCUT2D eigenvalue weighted by atomic mass is 16.6. The number of nitro benzene ring substituents is 1. The summed E-state index contributed by atoms with van der Waals surface area (Å²) in [5, 5.41) is 13.6. The molecule has 1 amide bonds. The number of carbonyl (C=O) groups is 2. The van der Waals surface area contributed by atoms with Gasteiger partial charge in [-0.3, -0.25) is 19.7 Å². The second-order valence-corrected chi connectivity index (χ2v) is 7.60. The van der Waals surface area contributed by atoms with Gasteiger partial charge in [-0.2, -0.15) is 0 Å². The van der Waals surface area contributed by atoms with Crippen LogP contribution in [0, 0.1) is 10.1 Å². The Labute approximate surface area is 185 Å². The van der Waals surface area contributed by atoms with E-state index in [1.165, 1.54) is 6.07 Å². The van der Waals surface area contributed by atoms with Gasteiger partial charge in [-0.25, -0.2) is 0 Å². The molecule has 1 aliphatic heterocycles. The lowest BCUT2D eigenvalue weighted by Crippen LogP contribution is -2.49. The molecule has 0 saturated carbocycles. The van der Waals surface area contributed by atoms with Crippen molar-refractivity contribution in [1.29, 1.82) is 0 Å². The molecule has 0 bridgehead atoms. The van der Waals surface area contributed by atoms with E-state index >= 15 is 0 Å². The largest absolute Gasteiger partial charge is 0.493 e. The normalized spacial score (nSPS) is 13.8. The predicted molar refractivity (Wildman–Crippen MR) is 121 cm³/mol. The molecule has 0 aromatic heterocycles. The molecule has 1 heterocycles. The fraction of sp³-hybridized carbons (Fsp3) is 0.250. The topological polar surface area (TPSA) is 93.0 Å². The Morgan fingerprint density at radius 1 is 1.00 bits per heavy atom. The zero-order chi connectivity index (χ0) is 22.5. The van der Waals surface area contributed by atoms with Crippen LogP contribution in [0.2, 0.25) is 0 Å². The minimum absolute atomic E-state index is 0.00348. The number of nitro groups is 1. The smallest absolute Gasteiger partial charge is 0.293 e. The molecule has 3 aromatic carbocycles. The minimum atomic E-state index is -0.482. The molecule has 4 rings (SSSR count). The number of piperazine rings is 1. The van der Waals surface area contributed by atoms with E-state index < -0.39 is 4.92 Å². The summed E-state index contributed by atoms with van der Waals surface area (Å²) in [6, 6.07) is 18.3. The van der Waals surface area contributed by atoms with Gasteiger partial charge in [0.2, 0.25) is 5.91 Å². The molecule has 0 atom stereocenters. The van der Waals surface area contributed by atoms with Crippen molar-refractivity contribution in [3.05, 3.63) is 76.3 Å². The van der Waals surface area contributed by atoms with E-state index in [-0.39, 0.29) is 30.2 Å². The number of carbonyl (C=O) groups excluding carboxylic acids is 2. The average molecular weight is 433 g/mol. The number of fused-ring (bicyclic) bond motifs is 1. The monoisotopic (exact) mass is 433 g/mol. The van der Waals surface area contributed by atoms with Crippen LogP contribution >= 0.6 is 0 Å². The molecular formula is C24H23N3O5. The minimum Gasteiger partial charge on any atom is -0.493 e. The zero-order valence-corrected chi connectivity index (χ0v) is 17.5. The molecule has 8 heteroatoms. The van der Waals surface area contributed by atoms with Crippen LogP contribution in [0.1, 0.15) is 16.8 Å². The van der Waals surface area contributed by atoms with Crippen LogP contribution in [0.25, 0.3) is 10.8 Å². The Balaban J connectivity index is 1.30. The third-order valence-corrected chi connectivity index (χ3v) is 5.61. The highest BCUT2D eigenvalue weighted by molar-refractivity contribution is 5.84. The van der Waals surface area contributed by atoms with Gasteiger partial charge in [0.15, 0.2) is 0 Å². The van der Waals surface area contributed by atoms with E-state index in [2.05, 4.69) is 0 Å². The summed E-state index contributed by atoms with van der Waals surface area (Å²) >= 11 is 0. The number of ether oxygens (including phenoxy) is 1. The predicted octanol–water partition coefficient (Wildman–Crippen LogP) is 3.68. The fourth-order valence-electron chi connectivity index (χ4n) is 3.90. The van der Waals surface area contributed by atoms with Gasteiger partial charge in [-0.15, -0.1) is 0 Å².